The number of ether oxygens (including phenoxy) is 2. The smallest absolute Gasteiger partial charge is 0.377 e. The van der Waals surface area contributed by atoms with Crippen molar-refractivity contribution in [3.63, 3.8) is 0 Å². The van der Waals surface area contributed by atoms with Crippen molar-refractivity contribution in [1.29, 1.82) is 0 Å². The topological polar surface area (TPSA) is 46.2 Å². The summed E-state index contributed by atoms with van der Waals surface area (Å²) in [6.45, 7) is 17.3. The highest BCUT2D eigenvalue weighted by Crippen LogP contribution is 2.29. The fourth-order valence-electron chi connectivity index (χ4n) is 6.37. The Kier molecular flexibility index (Phi) is 18.0. The van der Waals surface area contributed by atoms with Crippen molar-refractivity contribution in [2.45, 2.75) is 134 Å². The van der Waals surface area contributed by atoms with Crippen LogP contribution >= 0.6 is 0 Å². The first-order valence-electron chi connectivity index (χ1n) is 18.4. The van der Waals surface area contributed by atoms with Crippen LogP contribution < -0.4 is 10.4 Å². The molecule has 2 aromatic carbocycles. The summed E-state index contributed by atoms with van der Waals surface area (Å²) >= 11 is 0. The Balaban J connectivity index is 1.70. The third-order valence-corrected chi connectivity index (χ3v) is 20.1. The highest BCUT2D eigenvalue weighted by molar-refractivity contribution is 6.91. The van der Waals surface area contributed by atoms with E-state index in [1.54, 1.807) is 21.3 Å². The quantitative estimate of drug-likeness (QED) is 0.0750. The molecule has 0 amide bonds. The summed E-state index contributed by atoms with van der Waals surface area (Å²) in [5.74, 6) is 0.429. The minimum atomic E-state index is -3.32. The van der Waals surface area contributed by atoms with Crippen molar-refractivity contribution < 1.29 is 31.5 Å². The van der Waals surface area contributed by atoms with Crippen LogP contribution in [0.2, 0.25) is 44.3 Å². The molecule has 49 heavy (non-hydrogen) atoms. The van der Waals surface area contributed by atoms with Gasteiger partial charge in [-0.1, -0.05) is 157 Å². The zero-order chi connectivity index (χ0) is 36.8. The largest absolute Gasteiger partial charge is 0.500 e. The minimum Gasteiger partial charge on any atom is -0.377 e. The molecule has 0 fully saturated rings. The molecular formula is C39H68F2O5Si3. The molecule has 0 aromatic heterocycles. The number of hydrogen-bond acceptors (Lipinski definition) is 5. The number of halogens is 2. The van der Waals surface area contributed by atoms with E-state index in [2.05, 4.69) is 76.4 Å². The molecular weight excluding hydrogens is 671 g/mol. The average Bonchev–Trinajstić information content (AvgIpc) is 3.07. The van der Waals surface area contributed by atoms with Gasteiger partial charge >= 0.3 is 14.9 Å². The SMILES string of the molecule is CO[Si](CCCCCCCC[Si](C)(C)c1ccc([Si](C)(C)CCCOCC(F)(F)OCC(C)(C)c2ccc(C(C)C)cc2)cc1)(OC)OC. The number of rotatable bonds is 25. The molecule has 0 unspecified atom stereocenters. The van der Waals surface area contributed by atoms with Crippen LogP contribution in [0.3, 0.4) is 0 Å². The maximum Gasteiger partial charge on any atom is 0.500 e. The molecule has 280 valence electrons. The van der Waals surface area contributed by atoms with E-state index in [0.29, 0.717) is 12.5 Å². The van der Waals surface area contributed by atoms with Gasteiger partial charge in [0.15, 0.2) is 0 Å². The second-order valence-corrected chi connectivity index (χ2v) is 28.8. The molecule has 0 N–H and O–H groups in total. The molecule has 0 heterocycles. The molecule has 2 rings (SSSR count). The summed E-state index contributed by atoms with van der Waals surface area (Å²) in [7, 11) is -0.615. The van der Waals surface area contributed by atoms with Gasteiger partial charge in [0, 0.05) is 39.4 Å². The Bertz CT molecular complexity index is 1190. The van der Waals surface area contributed by atoms with Crippen LogP contribution in [0.25, 0.3) is 0 Å². The standard InChI is InChI=1S/C39H68F2O5Si3/c1-33(2)34-19-21-35(22-20-34)38(3,4)31-46-39(40,41)32-45-27-18-29-48(10,11)37-25-23-36(24-26-37)47(8,9)28-16-14-12-13-15-17-30-49(42-5,43-6)44-7/h19-26,33H,12-18,27-32H2,1-11H3. The number of hydrogen-bond donors (Lipinski definition) is 0. The van der Waals surface area contributed by atoms with Crippen LogP contribution in [0, 0.1) is 0 Å². The van der Waals surface area contributed by atoms with Gasteiger partial charge in [-0.05, 0) is 29.9 Å². The summed E-state index contributed by atoms with van der Waals surface area (Å²) < 4.78 is 56.3. The highest BCUT2D eigenvalue weighted by Gasteiger charge is 2.37. The van der Waals surface area contributed by atoms with Crippen LogP contribution in [-0.4, -0.2) is 72.2 Å². The molecule has 0 saturated heterocycles. The van der Waals surface area contributed by atoms with Crippen molar-refractivity contribution in [3.8, 4) is 0 Å². The van der Waals surface area contributed by atoms with Crippen LogP contribution in [-0.2, 0) is 28.2 Å². The zero-order valence-electron chi connectivity index (χ0n) is 32.7. The lowest BCUT2D eigenvalue weighted by atomic mass is 9.84. The maximum absolute atomic E-state index is 14.6. The lowest BCUT2D eigenvalue weighted by Crippen LogP contribution is -2.45. The Morgan fingerprint density at radius 3 is 1.53 bits per heavy atom. The van der Waals surface area contributed by atoms with Gasteiger partial charge in [0.1, 0.15) is 6.61 Å². The highest BCUT2D eigenvalue weighted by atomic mass is 28.4. The van der Waals surface area contributed by atoms with Crippen LogP contribution in [0.1, 0.15) is 89.7 Å². The van der Waals surface area contributed by atoms with Gasteiger partial charge in [0.05, 0.1) is 22.8 Å². The second-order valence-electron chi connectivity index (χ2n) is 16.0. The predicted molar refractivity (Wildman–Crippen MR) is 209 cm³/mol. The Labute approximate surface area is 301 Å². The first kappa shape index (κ1) is 43.9. The third-order valence-electron chi connectivity index (χ3n) is 10.3. The average molecular weight is 739 g/mol. The van der Waals surface area contributed by atoms with E-state index in [1.807, 2.05) is 26.0 Å². The van der Waals surface area contributed by atoms with Crippen molar-refractivity contribution in [2.24, 2.45) is 0 Å². The summed E-state index contributed by atoms with van der Waals surface area (Å²) in [6, 6.07) is 20.7. The molecule has 0 radical (unpaired) electrons. The zero-order valence-corrected chi connectivity index (χ0v) is 35.7. The van der Waals surface area contributed by atoms with Crippen molar-refractivity contribution in [2.75, 3.05) is 41.2 Å². The van der Waals surface area contributed by atoms with Crippen LogP contribution in [0.4, 0.5) is 8.78 Å². The Hall–Kier alpha value is -1.25. The van der Waals surface area contributed by atoms with Crippen molar-refractivity contribution in [1.82, 2.24) is 0 Å². The summed E-state index contributed by atoms with van der Waals surface area (Å²) in [5, 5.41) is 2.93. The summed E-state index contributed by atoms with van der Waals surface area (Å²) in [6.07, 6.45) is 4.79. The van der Waals surface area contributed by atoms with Crippen LogP contribution in [0.5, 0.6) is 0 Å². The van der Waals surface area contributed by atoms with Crippen molar-refractivity contribution >= 4 is 35.3 Å². The van der Waals surface area contributed by atoms with E-state index in [9.17, 15) is 8.78 Å². The van der Waals surface area contributed by atoms with Crippen LogP contribution in [0.15, 0.2) is 48.5 Å². The first-order valence-corrected chi connectivity index (χ1v) is 26.7. The van der Waals surface area contributed by atoms with E-state index in [4.69, 9.17) is 22.8 Å². The number of alkyl halides is 2. The van der Waals surface area contributed by atoms with E-state index in [0.717, 1.165) is 30.5 Å². The van der Waals surface area contributed by atoms with E-state index in [1.165, 1.54) is 54.1 Å². The fourth-order valence-corrected chi connectivity index (χ4v) is 13.0. The fraction of sp³-hybridized carbons (Fsp3) is 0.692. The molecule has 0 atom stereocenters. The lowest BCUT2D eigenvalue weighted by Gasteiger charge is -2.28. The van der Waals surface area contributed by atoms with Gasteiger partial charge < -0.3 is 22.8 Å². The molecule has 2 aromatic rings. The Morgan fingerprint density at radius 1 is 0.612 bits per heavy atom. The number of benzene rings is 2. The minimum absolute atomic E-state index is 0.0808. The molecule has 0 aliphatic rings. The van der Waals surface area contributed by atoms with E-state index in [-0.39, 0.29) is 6.61 Å². The van der Waals surface area contributed by atoms with Gasteiger partial charge in [-0.25, -0.2) is 0 Å². The van der Waals surface area contributed by atoms with Gasteiger partial charge in [-0.3, -0.25) is 0 Å². The Morgan fingerprint density at radius 2 is 1.06 bits per heavy atom. The second kappa shape index (κ2) is 20.1. The summed E-state index contributed by atoms with van der Waals surface area (Å²) in [5.41, 5.74) is 1.69. The molecule has 5 nitrogen and oxygen atoms in total. The van der Waals surface area contributed by atoms with Gasteiger partial charge in [0.25, 0.3) is 0 Å². The molecule has 0 spiro atoms. The normalized spacial score (nSPS) is 13.4. The van der Waals surface area contributed by atoms with E-state index >= 15 is 0 Å². The third kappa shape index (κ3) is 14.7. The van der Waals surface area contributed by atoms with Gasteiger partial charge in [-0.15, -0.1) is 0 Å². The first-order chi connectivity index (χ1) is 22.9. The van der Waals surface area contributed by atoms with Gasteiger partial charge in [-0.2, -0.15) is 8.78 Å². The molecule has 0 aliphatic carbocycles. The summed E-state index contributed by atoms with van der Waals surface area (Å²) in [4.78, 5) is 0. The molecule has 0 bridgehead atoms. The maximum atomic E-state index is 14.6. The van der Waals surface area contributed by atoms with Crippen molar-refractivity contribution in [3.05, 3.63) is 59.7 Å². The van der Waals surface area contributed by atoms with E-state index < -0.39 is 43.1 Å². The lowest BCUT2D eigenvalue weighted by molar-refractivity contribution is -0.269. The number of unbranched alkanes of at least 4 members (excludes halogenated alkanes) is 5. The molecule has 10 heteroatoms. The predicted octanol–water partition coefficient (Wildman–Crippen LogP) is 9.85. The molecule has 0 aliphatic heterocycles. The molecule has 0 saturated carbocycles. The monoisotopic (exact) mass is 738 g/mol. The van der Waals surface area contributed by atoms with Gasteiger partial charge in [0.2, 0.25) is 0 Å².